The number of hydrogen-bond donors (Lipinski definition) is 2. The number of ether oxygens (including phenoxy) is 2. The number of methoxy groups -OCH3 is 1. The maximum atomic E-state index is 12.5. The minimum absolute atomic E-state index is 0.00987. The molecule has 0 spiro atoms. The average molecular weight is 478 g/mol. The molecule has 3 heterocycles. The van der Waals surface area contributed by atoms with Crippen molar-refractivity contribution in [2.75, 3.05) is 26.8 Å². The van der Waals surface area contributed by atoms with E-state index in [0.29, 0.717) is 43.5 Å². The lowest BCUT2D eigenvalue weighted by Crippen LogP contribution is -2.58. The van der Waals surface area contributed by atoms with Crippen molar-refractivity contribution in [2.24, 2.45) is 0 Å². The SMILES string of the molecule is COc1ccc(-c2nnc(C[C@@H]3CNC(=O)[C@@H]4C[C@H](NC(=O)COc5ccccc5)CN34)o2)cc1. The maximum absolute atomic E-state index is 12.5. The van der Waals surface area contributed by atoms with Crippen molar-refractivity contribution in [2.45, 2.75) is 31.0 Å². The predicted octanol–water partition coefficient (Wildman–Crippen LogP) is 1.42. The van der Waals surface area contributed by atoms with E-state index in [4.69, 9.17) is 13.9 Å². The van der Waals surface area contributed by atoms with Crippen LogP contribution in [0, 0.1) is 0 Å². The highest BCUT2D eigenvalue weighted by atomic mass is 16.5. The summed E-state index contributed by atoms with van der Waals surface area (Å²) in [5.41, 5.74) is 0.807. The molecule has 35 heavy (non-hydrogen) atoms. The zero-order valence-corrected chi connectivity index (χ0v) is 19.3. The molecule has 1 aromatic heterocycles. The Morgan fingerprint density at radius 2 is 1.94 bits per heavy atom. The van der Waals surface area contributed by atoms with Crippen molar-refractivity contribution in [3.8, 4) is 23.0 Å². The number of nitrogens with zero attached hydrogens (tertiary/aromatic N) is 3. The Kier molecular flexibility index (Phi) is 6.62. The number of nitrogens with one attached hydrogen (secondary N) is 2. The van der Waals surface area contributed by atoms with E-state index in [9.17, 15) is 9.59 Å². The first kappa shape index (κ1) is 22.9. The van der Waals surface area contributed by atoms with Crippen LogP contribution in [-0.4, -0.2) is 71.8 Å². The van der Waals surface area contributed by atoms with Gasteiger partial charge in [-0.05, 0) is 42.8 Å². The highest BCUT2D eigenvalue weighted by Gasteiger charge is 2.44. The molecule has 2 N–H and O–H groups in total. The molecular formula is C25H27N5O5. The van der Waals surface area contributed by atoms with Gasteiger partial charge >= 0.3 is 0 Å². The van der Waals surface area contributed by atoms with Gasteiger partial charge in [-0.3, -0.25) is 14.5 Å². The van der Waals surface area contributed by atoms with Gasteiger partial charge in [0.2, 0.25) is 17.7 Å². The fraction of sp³-hybridized carbons (Fsp3) is 0.360. The van der Waals surface area contributed by atoms with Crippen molar-refractivity contribution in [1.29, 1.82) is 0 Å². The molecule has 2 aliphatic rings. The second-order valence-electron chi connectivity index (χ2n) is 8.65. The van der Waals surface area contributed by atoms with Gasteiger partial charge < -0.3 is 24.5 Å². The zero-order valence-electron chi connectivity index (χ0n) is 19.3. The summed E-state index contributed by atoms with van der Waals surface area (Å²) in [7, 11) is 1.61. The third-order valence-electron chi connectivity index (χ3n) is 6.32. The van der Waals surface area contributed by atoms with E-state index in [1.807, 2.05) is 42.5 Å². The van der Waals surface area contributed by atoms with E-state index >= 15 is 0 Å². The Bertz CT molecular complexity index is 1170. The first-order valence-corrected chi connectivity index (χ1v) is 11.6. The summed E-state index contributed by atoms with van der Waals surface area (Å²) >= 11 is 0. The van der Waals surface area contributed by atoms with E-state index in [-0.39, 0.29) is 36.5 Å². The van der Waals surface area contributed by atoms with Crippen molar-refractivity contribution < 1.29 is 23.5 Å². The van der Waals surface area contributed by atoms with Gasteiger partial charge in [0.15, 0.2) is 6.61 Å². The van der Waals surface area contributed by atoms with Crippen LogP contribution in [-0.2, 0) is 16.0 Å². The number of para-hydroxylation sites is 1. The molecule has 0 aliphatic carbocycles. The number of rotatable bonds is 8. The number of piperazine rings is 1. The molecule has 0 saturated carbocycles. The average Bonchev–Trinajstić information content (AvgIpc) is 3.53. The topological polar surface area (TPSA) is 119 Å². The van der Waals surface area contributed by atoms with Crippen molar-refractivity contribution >= 4 is 11.8 Å². The summed E-state index contributed by atoms with van der Waals surface area (Å²) in [6.45, 7) is 0.976. The molecule has 10 heteroatoms. The minimum Gasteiger partial charge on any atom is -0.497 e. The summed E-state index contributed by atoms with van der Waals surface area (Å²) in [4.78, 5) is 27.0. The summed E-state index contributed by atoms with van der Waals surface area (Å²) in [5, 5.41) is 14.4. The van der Waals surface area contributed by atoms with Crippen LogP contribution in [0.15, 0.2) is 59.0 Å². The van der Waals surface area contributed by atoms with Gasteiger partial charge in [0.1, 0.15) is 11.5 Å². The van der Waals surface area contributed by atoms with Crippen molar-refractivity contribution in [1.82, 2.24) is 25.7 Å². The lowest BCUT2D eigenvalue weighted by atomic mass is 10.1. The monoisotopic (exact) mass is 477 g/mol. The quantitative estimate of drug-likeness (QED) is 0.500. The number of benzene rings is 2. The Morgan fingerprint density at radius 1 is 1.14 bits per heavy atom. The van der Waals surface area contributed by atoms with E-state index in [1.165, 1.54) is 0 Å². The smallest absolute Gasteiger partial charge is 0.258 e. The summed E-state index contributed by atoms with van der Waals surface area (Å²) in [6, 6.07) is 16.1. The second kappa shape index (κ2) is 10.1. The highest BCUT2D eigenvalue weighted by Crippen LogP contribution is 2.27. The molecule has 2 amide bonds. The Morgan fingerprint density at radius 3 is 2.71 bits per heavy atom. The van der Waals surface area contributed by atoms with Crippen LogP contribution in [0.2, 0.25) is 0 Å². The molecule has 3 aromatic rings. The first-order chi connectivity index (χ1) is 17.1. The van der Waals surface area contributed by atoms with Crippen LogP contribution in [0.3, 0.4) is 0 Å². The second-order valence-corrected chi connectivity index (χ2v) is 8.65. The zero-order chi connectivity index (χ0) is 24.2. The van der Waals surface area contributed by atoms with Crippen LogP contribution in [0.4, 0.5) is 0 Å². The molecule has 2 saturated heterocycles. The fourth-order valence-electron chi connectivity index (χ4n) is 4.59. The number of hydrogen-bond acceptors (Lipinski definition) is 8. The molecule has 0 bridgehead atoms. The molecule has 0 unspecified atom stereocenters. The largest absolute Gasteiger partial charge is 0.497 e. The van der Waals surface area contributed by atoms with Gasteiger partial charge in [0.25, 0.3) is 5.91 Å². The molecular weight excluding hydrogens is 450 g/mol. The van der Waals surface area contributed by atoms with Crippen LogP contribution in [0.1, 0.15) is 12.3 Å². The van der Waals surface area contributed by atoms with Gasteiger partial charge in [0, 0.05) is 37.2 Å². The van der Waals surface area contributed by atoms with Gasteiger partial charge in [0.05, 0.1) is 13.2 Å². The van der Waals surface area contributed by atoms with Crippen LogP contribution >= 0.6 is 0 Å². The molecule has 2 fully saturated rings. The van der Waals surface area contributed by atoms with E-state index in [0.717, 1.165) is 11.3 Å². The lowest BCUT2D eigenvalue weighted by Gasteiger charge is -2.36. The highest BCUT2D eigenvalue weighted by molar-refractivity contribution is 5.83. The van der Waals surface area contributed by atoms with Gasteiger partial charge in [-0.15, -0.1) is 10.2 Å². The van der Waals surface area contributed by atoms with Crippen molar-refractivity contribution in [3.05, 3.63) is 60.5 Å². The molecule has 5 rings (SSSR count). The van der Waals surface area contributed by atoms with Gasteiger partial charge in [-0.25, -0.2) is 0 Å². The number of aromatic nitrogens is 2. The van der Waals surface area contributed by atoms with Crippen LogP contribution in [0.25, 0.3) is 11.5 Å². The van der Waals surface area contributed by atoms with Gasteiger partial charge in [-0.2, -0.15) is 0 Å². The number of carbonyl (C=O) groups excluding carboxylic acids is 2. The number of amides is 2. The van der Waals surface area contributed by atoms with E-state index in [1.54, 1.807) is 19.2 Å². The summed E-state index contributed by atoms with van der Waals surface area (Å²) in [5.74, 6) is 2.09. The number of carbonyl (C=O) groups is 2. The first-order valence-electron chi connectivity index (χ1n) is 11.6. The van der Waals surface area contributed by atoms with Crippen LogP contribution < -0.4 is 20.1 Å². The van der Waals surface area contributed by atoms with Crippen LogP contribution in [0.5, 0.6) is 11.5 Å². The molecule has 182 valence electrons. The Balaban J connectivity index is 1.19. The summed E-state index contributed by atoms with van der Waals surface area (Å²) in [6.07, 6.45) is 1.04. The lowest BCUT2D eigenvalue weighted by molar-refractivity contribution is -0.129. The van der Waals surface area contributed by atoms with E-state index in [2.05, 4.69) is 25.7 Å². The predicted molar refractivity (Wildman–Crippen MR) is 126 cm³/mol. The van der Waals surface area contributed by atoms with Crippen molar-refractivity contribution in [3.63, 3.8) is 0 Å². The van der Waals surface area contributed by atoms with E-state index < -0.39 is 0 Å². The van der Waals surface area contributed by atoms with Gasteiger partial charge in [-0.1, -0.05) is 18.2 Å². The standard InChI is InChI=1S/C25H27N5O5/c1-33-19-9-7-16(8-10-19)25-29-28-23(35-25)12-18-13-26-24(32)21-11-17(14-30(18)21)27-22(31)15-34-20-5-3-2-4-6-20/h2-10,17-18,21H,11-15H2,1H3,(H,26,32)(H,27,31)/t17-,18+,21-/m0/s1. The third-order valence-corrected chi connectivity index (χ3v) is 6.32. The Labute approximate surface area is 202 Å². The molecule has 2 aromatic carbocycles. The summed E-state index contributed by atoms with van der Waals surface area (Å²) < 4.78 is 16.6. The number of fused-ring (bicyclic) bond motifs is 1. The molecule has 0 radical (unpaired) electrons. The fourth-order valence-corrected chi connectivity index (χ4v) is 4.59. The Hall–Kier alpha value is -3.92. The minimum atomic E-state index is -0.307. The normalized spacial score (nSPS) is 21.7. The molecule has 2 aliphatic heterocycles. The molecule has 10 nitrogen and oxygen atoms in total. The maximum Gasteiger partial charge on any atom is 0.258 e. The third kappa shape index (κ3) is 5.27. The molecule has 3 atom stereocenters.